The molecule has 2 fully saturated rings. The molecule has 2 unspecified atom stereocenters. The third-order valence-corrected chi connectivity index (χ3v) is 7.02. The number of hydrogen-bond acceptors (Lipinski definition) is 2. The molecule has 4 heteroatoms. The SMILES string of the molecule is O=C(CCCC(=O)N1CCCC2CCCC=C21)N1CCC2CCCC=C2C1. The van der Waals surface area contributed by atoms with Gasteiger partial charge in [0.2, 0.25) is 11.8 Å². The zero-order valence-corrected chi connectivity index (χ0v) is 16.6. The molecule has 0 N–H and O–H groups in total. The van der Waals surface area contributed by atoms with Crippen LogP contribution in [-0.4, -0.2) is 41.2 Å². The number of carbonyl (C=O) groups is 2. The summed E-state index contributed by atoms with van der Waals surface area (Å²) >= 11 is 0. The summed E-state index contributed by atoms with van der Waals surface area (Å²) in [5.41, 5.74) is 2.77. The molecule has 2 aliphatic heterocycles. The standard InChI is InChI=1S/C23H34N2O2/c26-22(24-16-14-18-7-1-2-9-20(18)17-24)12-5-13-23(27)25-15-6-10-19-8-3-4-11-21(19)25/h9,11,18-19H,1-8,10,12-17H2. The molecule has 0 bridgehead atoms. The highest BCUT2D eigenvalue weighted by Crippen LogP contribution is 2.35. The number of hydrogen-bond donors (Lipinski definition) is 0. The normalized spacial score (nSPS) is 28.0. The average Bonchev–Trinajstić information content (AvgIpc) is 2.72. The van der Waals surface area contributed by atoms with Gasteiger partial charge in [0.1, 0.15) is 0 Å². The number of allylic oxidation sites excluding steroid dienone is 3. The predicted molar refractivity (Wildman–Crippen MR) is 107 cm³/mol. The molecule has 2 saturated heterocycles. The Morgan fingerprint density at radius 1 is 0.852 bits per heavy atom. The van der Waals surface area contributed by atoms with E-state index >= 15 is 0 Å². The summed E-state index contributed by atoms with van der Waals surface area (Å²) in [6.45, 7) is 2.60. The van der Waals surface area contributed by atoms with Crippen LogP contribution in [0.5, 0.6) is 0 Å². The number of likely N-dealkylation sites (tertiary alicyclic amines) is 2. The second-order valence-corrected chi connectivity index (χ2v) is 8.81. The quantitative estimate of drug-likeness (QED) is 0.687. The van der Waals surface area contributed by atoms with Crippen LogP contribution in [0.25, 0.3) is 0 Å². The molecule has 0 aromatic heterocycles. The summed E-state index contributed by atoms with van der Waals surface area (Å²) in [7, 11) is 0. The van der Waals surface area contributed by atoms with Crippen molar-refractivity contribution >= 4 is 11.8 Å². The highest BCUT2D eigenvalue weighted by atomic mass is 16.2. The van der Waals surface area contributed by atoms with Gasteiger partial charge in [0.15, 0.2) is 0 Å². The molecular weight excluding hydrogens is 336 g/mol. The zero-order chi connectivity index (χ0) is 18.6. The topological polar surface area (TPSA) is 40.6 Å². The summed E-state index contributed by atoms with van der Waals surface area (Å²) in [5, 5.41) is 0. The minimum Gasteiger partial charge on any atom is -0.339 e. The van der Waals surface area contributed by atoms with Gasteiger partial charge in [0.05, 0.1) is 0 Å². The third kappa shape index (κ3) is 4.30. The Balaban J connectivity index is 1.24. The summed E-state index contributed by atoms with van der Waals surface area (Å²) in [5.74, 6) is 1.79. The molecule has 27 heavy (non-hydrogen) atoms. The number of nitrogens with zero attached hydrogens (tertiary/aromatic N) is 2. The molecule has 4 nitrogen and oxygen atoms in total. The van der Waals surface area contributed by atoms with E-state index < -0.39 is 0 Å². The van der Waals surface area contributed by atoms with E-state index in [1.165, 1.54) is 49.8 Å². The summed E-state index contributed by atoms with van der Waals surface area (Å²) in [6.07, 6.45) is 17.2. The molecule has 2 atom stereocenters. The van der Waals surface area contributed by atoms with E-state index in [1.807, 2.05) is 9.80 Å². The van der Waals surface area contributed by atoms with E-state index in [0.717, 1.165) is 44.8 Å². The van der Waals surface area contributed by atoms with E-state index in [-0.39, 0.29) is 11.8 Å². The molecule has 2 heterocycles. The molecule has 0 aromatic carbocycles. The van der Waals surface area contributed by atoms with Gasteiger partial charge in [-0.1, -0.05) is 17.7 Å². The van der Waals surface area contributed by atoms with Crippen molar-refractivity contribution in [3.63, 3.8) is 0 Å². The Labute approximate surface area is 163 Å². The summed E-state index contributed by atoms with van der Waals surface area (Å²) in [4.78, 5) is 29.4. The van der Waals surface area contributed by atoms with Crippen molar-refractivity contribution in [2.24, 2.45) is 11.8 Å². The van der Waals surface area contributed by atoms with Crippen LogP contribution in [-0.2, 0) is 9.59 Å². The lowest BCUT2D eigenvalue weighted by molar-refractivity contribution is -0.132. The second-order valence-electron chi connectivity index (χ2n) is 8.81. The monoisotopic (exact) mass is 370 g/mol. The van der Waals surface area contributed by atoms with E-state index in [4.69, 9.17) is 0 Å². The zero-order valence-electron chi connectivity index (χ0n) is 16.6. The Morgan fingerprint density at radius 3 is 2.48 bits per heavy atom. The maximum absolute atomic E-state index is 12.7. The van der Waals surface area contributed by atoms with Gasteiger partial charge in [-0.15, -0.1) is 0 Å². The van der Waals surface area contributed by atoms with Crippen LogP contribution in [0.1, 0.15) is 77.0 Å². The number of rotatable bonds is 4. The van der Waals surface area contributed by atoms with E-state index in [0.29, 0.717) is 25.2 Å². The van der Waals surface area contributed by atoms with E-state index in [1.54, 1.807) is 0 Å². The lowest BCUT2D eigenvalue weighted by atomic mass is 9.82. The number of fused-ring (bicyclic) bond motifs is 2. The van der Waals surface area contributed by atoms with Crippen molar-refractivity contribution in [1.29, 1.82) is 0 Å². The first kappa shape index (κ1) is 18.8. The van der Waals surface area contributed by atoms with Crippen LogP contribution < -0.4 is 0 Å². The fourth-order valence-corrected chi connectivity index (χ4v) is 5.48. The average molecular weight is 371 g/mol. The van der Waals surface area contributed by atoms with Gasteiger partial charge in [-0.25, -0.2) is 0 Å². The van der Waals surface area contributed by atoms with Crippen molar-refractivity contribution in [2.45, 2.75) is 77.0 Å². The lowest BCUT2D eigenvalue weighted by Gasteiger charge is -2.38. The molecule has 0 radical (unpaired) electrons. The van der Waals surface area contributed by atoms with Crippen LogP contribution in [0.2, 0.25) is 0 Å². The van der Waals surface area contributed by atoms with Gasteiger partial charge in [-0.05, 0) is 76.0 Å². The third-order valence-electron chi connectivity index (χ3n) is 7.02. The summed E-state index contributed by atoms with van der Waals surface area (Å²) in [6, 6.07) is 0. The van der Waals surface area contributed by atoms with Crippen molar-refractivity contribution in [2.75, 3.05) is 19.6 Å². The Morgan fingerprint density at radius 2 is 1.59 bits per heavy atom. The second kappa shape index (κ2) is 8.62. The summed E-state index contributed by atoms with van der Waals surface area (Å²) < 4.78 is 0. The van der Waals surface area contributed by atoms with Crippen molar-refractivity contribution in [3.05, 3.63) is 23.4 Å². The highest BCUT2D eigenvalue weighted by Gasteiger charge is 2.31. The van der Waals surface area contributed by atoms with Crippen LogP contribution in [0.4, 0.5) is 0 Å². The molecule has 148 valence electrons. The first-order valence-corrected chi connectivity index (χ1v) is 11.2. The molecule has 4 aliphatic rings. The molecule has 0 saturated carbocycles. The van der Waals surface area contributed by atoms with Crippen LogP contribution in [0.15, 0.2) is 23.4 Å². The van der Waals surface area contributed by atoms with Gasteiger partial charge in [-0.2, -0.15) is 0 Å². The van der Waals surface area contributed by atoms with Crippen LogP contribution >= 0.6 is 0 Å². The molecule has 0 spiro atoms. The van der Waals surface area contributed by atoms with Gasteiger partial charge in [-0.3, -0.25) is 9.59 Å². The van der Waals surface area contributed by atoms with E-state index in [2.05, 4.69) is 12.2 Å². The maximum Gasteiger partial charge on any atom is 0.226 e. The maximum atomic E-state index is 12.7. The number of piperidine rings is 2. The van der Waals surface area contributed by atoms with E-state index in [9.17, 15) is 9.59 Å². The minimum atomic E-state index is 0.231. The van der Waals surface area contributed by atoms with Gasteiger partial charge < -0.3 is 9.80 Å². The number of carbonyl (C=O) groups excluding carboxylic acids is 2. The van der Waals surface area contributed by atoms with Crippen molar-refractivity contribution in [3.8, 4) is 0 Å². The van der Waals surface area contributed by atoms with Crippen LogP contribution in [0.3, 0.4) is 0 Å². The van der Waals surface area contributed by atoms with Gasteiger partial charge >= 0.3 is 0 Å². The van der Waals surface area contributed by atoms with Gasteiger partial charge in [0.25, 0.3) is 0 Å². The Bertz CT molecular complexity index is 636. The Kier molecular flexibility index (Phi) is 5.99. The highest BCUT2D eigenvalue weighted by molar-refractivity contribution is 5.80. The molecule has 2 aliphatic carbocycles. The molecular formula is C23H34N2O2. The fraction of sp³-hybridized carbons (Fsp3) is 0.739. The minimum absolute atomic E-state index is 0.231. The van der Waals surface area contributed by atoms with Crippen molar-refractivity contribution < 1.29 is 9.59 Å². The molecule has 0 aromatic rings. The lowest BCUT2D eigenvalue weighted by Crippen LogP contribution is -2.41. The van der Waals surface area contributed by atoms with Crippen molar-refractivity contribution in [1.82, 2.24) is 9.80 Å². The first-order chi connectivity index (χ1) is 13.2. The fourth-order valence-electron chi connectivity index (χ4n) is 5.48. The van der Waals surface area contributed by atoms with Crippen LogP contribution in [0, 0.1) is 11.8 Å². The largest absolute Gasteiger partial charge is 0.339 e. The molecule has 2 amide bonds. The Hall–Kier alpha value is -1.58. The predicted octanol–water partition coefficient (Wildman–Crippen LogP) is 4.42. The smallest absolute Gasteiger partial charge is 0.226 e. The molecule has 4 rings (SSSR count). The number of amides is 2. The van der Waals surface area contributed by atoms with Gasteiger partial charge in [0, 0.05) is 38.2 Å². The first-order valence-electron chi connectivity index (χ1n) is 11.2.